The van der Waals surface area contributed by atoms with Gasteiger partial charge in [0.2, 0.25) is 0 Å². The summed E-state index contributed by atoms with van der Waals surface area (Å²) >= 11 is 12.4. The van der Waals surface area contributed by atoms with Gasteiger partial charge in [0.25, 0.3) is 11.8 Å². The predicted molar refractivity (Wildman–Crippen MR) is 113 cm³/mol. The predicted octanol–water partition coefficient (Wildman–Crippen LogP) is 3.00. The van der Waals surface area contributed by atoms with Crippen LogP contribution in [0.15, 0.2) is 36.8 Å². The van der Waals surface area contributed by atoms with Gasteiger partial charge in [0.05, 0.1) is 40.9 Å². The minimum atomic E-state index is -1.02. The number of carbonyl (C=O) groups excluding carboxylic acids is 2. The Morgan fingerprint density at radius 1 is 1.19 bits per heavy atom. The summed E-state index contributed by atoms with van der Waals surface area (Å²) in [7, 11) is 0. The van der Waals surface area contributed by atoms with E-state index in [1.54, 1.807) is 18.2 Å². The van der Waals surface area contributed by atoms with Crippen LogP contribution in [-0.4, -0.2) is 55.7 Å². The minimum absolute atomic E-state index is 0.0479. The molecule has 0 radical (unpaired) electrons. The molecule has 31 heavy (non-hydrogen) atoms. The molecule has 160 valence electrons. The molecule has 1 saturated heterocycles. The molecule has 0 spiro atoms. The van der Waals surface area contributed by atoms with Crippen LogP contribution in [0.25, 0.3) is 5.69 Å². The van der Waals surface area contributed by atoms with Crippen molar-refractivity contribution in [2.24, 2.45) is 5.73 Å². The van der Waals surface area contributed by atoms with Crippen LogP contribution in [-0.2, 0) is 0 Å². The zero-order valence-corrected chi connectivity index (χ0v) is 17.4. The molecular weight excluding hydrogens is 448 g/mol. The van der Waals surface area contributed by atoms with Gasteiger partial charge in [0.1, 0.15) is 23.4 Å². The summed E-state index contributed by atoms with van der Waals surface area (Å²) in [5.74, 6) is -0.925. The van der Waals surface area contributed by atoms with Crippen molar-refractivity contribution in [1.82, 2.24) is 24.6 Å². The van der Waals surface area contributed by atoms with Crippen molar-refractivity contribution in [3.05, 3.63) is 58.2 Å². The maximum absolute atomic E-state index is 13.3. The standard InChI is InChI=1S/C19H16Cl2FN7O2/c20-11-2-1-3-12(21)17(11)29-9-14(16(27-29)18(23)30)26-15-7-24-13(6-25-15)19(31)28-5-4-10(22)8-28/h1-3,6-7,9-10H,4-5,8H2,(H2,23,30)(H,25,26)/t10-/m1/s1. The number of para-hydroxylation sites is 1. The fourth-order valence-electron chi connectivity index (χ4n) is 3.17. The van der Waals surface area contributed by atoms with Gasteiger partial charge >= 0.3 is 0 Å². The molecule has 0 saturated carbocycles. The number of halogens is 3. The van der Waals surface area contributed by atoms with Gasteiger partial charge in [0.15, 0.2) is 5.69 Å². The lowest BCUT2D eigenvalue weighted by Gasteiger charge is -2.14. The van der Waals surface area contributed by atoms with Crippen molar-refractivity contribution in [2.45, 2.75) is 12.6 Å². The molecule has 0 aliphatic carbocycles. The number of anilines is 2. The third kappa shape index (κ3) is 4.30. The van der Waals surface area contributed by atoms with Gasteiger partial charge in [-0.25, -0.2) is 19.0 Å². The highest BCUT2D eigenvalue weighted by atomic mass is 35.5. The molecule has 9 nitrogen and oxygen atoms in total. The Bertz CT molecular complexity index is 1130. The Hall–Kier alpha value is -3.24. The highest BCUT2D eigenvalue weighted by Crippen LogP contribution is 2.30. The number of amides is 2. The van der Waals surface area contributed by atoms with E-state index in [0.29, 0.717) is 28.7 Å². The average Bonchev–Trinajstić information content (AvgIpc) is 3.34. The molecule has 0 unspecified atom stereocenters. The normalized spacial score (nSPS) is 15.8. The fraction of sp³-hybridized carbons (Fsp3) is 0.211. The molecule has 1 atom stereocenters. The molecule has 3 aromatic rings. The molecular formula is C19H16Cl2FN7O2. The van der Waals surface area contributed by atoms with E-state index in [1.165, 1.54) is 28.2 Å². The first-order valence-electron chi connectivity index (χ1n) is 9.19. The lowest BCUT2D eigenvalue weighted by molar-refractivity contribution is 0.0776. The number of benzene rings is 1. The van der Waals surface area contributed by atoms with Gasteiger partial charge < -0.3 is 16.0 Å². The van der Waals surface area contributed by atoms with Crippen LogP contribution in [0.2, 0.25) is 10.0 Å². The van der Waals surface area contributed by atoms with E-state index in [4.69, 9.17) is 28.9 Å². The van der Waals surface area contributed by atoms with Crippen molar-refractivity contribution < 1.29 is 14.0 Å². The molecule has 3 heterocycles. The zero-order chi connectivity index (χ0) is 22.1. The van der Waals surface area contributed by atoms with Crippen LogP contribution < -0.4 is 11.1 Å². The molecule has 3 N–H and O–H groups in total. The first-order chi connectivity index (χ1) is 14.8. The Morgan fingerprint density at radius 3 is 2.52 bits per heavy atom. The summed E-state index contributed by atoms with van der Waals surface area (Å²) in [5, 5.41) is 7.73. The monoisotopic (exact) mass is 463 g/mol. The third-order valence-corrected chi connectivity index (χ3v) is 5.28. The van der Waals surface area contributed by atoms with Crippen LogP contribution in [0.1, 0.15) is 27.4 Å². The quantitative estimate of drug-likeness (QED) is 0.599. The number of alkyl halides is 1. The van der Waals surface area contributed by atoms with Gasteiger partial charge in [-0.1, -0.05) is 29.3 Å². The number of primary amides is 1. The smallest absolute Gasteiger partial charge is 0.274 e. The summed E-state index contributed by atoms with van der Waals surface area (Å²) in [6, 6.07) is 4.95. The Labute approximate surface area is 186 Å². The maximum Gasteiger partial charge on any atom is 0.274 e. The number of nitrogens with one attached hydrogen (secondary N) is 1. The molecule has 1 aliphatic rings. The first-order valence-corrected chi connectivity index (χ1v) is 9.95. The van der Waals surface area contributed by atoms with E-state index in [-0.39, 0.29) is 29.4 Å². The van der Waals surface area contributed by atoms with E-state index in [0.717, 1.165) is 0 Å². The summed E-state index contributed by atoms with van der Waals surface area (Å²) in [6.07, 6.45) is 3.37. The van der Waals surface area contributed by atoms with E-state index in [9.17, 15) is 14.0 Å². The molecule has 1 fully saturated rings. The Balaban J connectivity index is 1.58. The van der Waals surface area contributed by atoms with E-state index < -0.39 is 18.0 Å². The molecule has 0 bridgehead atoms. The average molecular weight is 464 g/mol. The summed E-state index contributed by atoms with van der Waals surface area (Å²) < 4.78 is 14.7. The molecule has 1 aliphatic heterocycles. The van der Waals surface area contributed by atoms with Gasteiger partial charge in [-0.15, -0.1) is 0 Å². The van der Waals surface area contributed by atoms with Crippen molar-refractivity contribution in [1.29, 1.82) is 0 Å². The second-order valence-electron chi connectivity index (χ2n) is 6.82. The largest absolute Gasteiger partial charge is 0.364 e. The van der Waals surface area contributed by atoms with E-state index in [2.05, 4.69) is 20.4 Å². The topological polar surface area (TPSA) is 119 Å². The fourth-order valence-corrected chi connectivity index (χ4v) is 3.75. The molecule has 1 aromatic carbocycles. The number of nitrogens with zero attached hydrogens (tertiary/aromatic N) is 5. The van der Waals surface area contributed by atoms with Crippen LogP contribution in [0, 0.1) is 0 Å². The number of nitrogens with two attached hydrogens (primary N) is 1. The van der Waals surface area contributed by atoms with Crippen molar-refractivity contribution >= 4 is 46.5 Å². The van der Waals surface area contributed by atoms with Crippen LogP contribution in [0.4, 0.5) is 15.9 Å². The SMILES string of the molecule is NC(=O)c1nn(-c2c(Cl)cccc2Cl)cc1Nc1cnc(C(=O)N2CC[C@@H](F)C2)cn1. The summed E-state index contributed by atoms with van der Waals surface area (Å²) in [6.45, 7) is 0.389. The zero-order valence-electron chi connectivity index (χ0n) is 15.9. The number of rotatable bonds is 5. The van der Waals surface area contributed by atoms with Crippen LogP contribution in [0.3, 0.4) is 0 Å². The molecule has 2 amide bonds. The van der Waals surface area contributed by atoms with Gasteiger partial charge in [-0.3, -0.25) is 9.59 Å². The number of carbonyl (C=O) groups is 2. The van der Waals surface area contributed by atoms with E-state index >= 15 is 0 Å². The lowest BCUT2D eigenvalue weighted by atomic mass is 10.3. The Morgan fingerprint density at radius 2 is 1.94 bits per heavy atom. The summed E-state index contributed by atoms with van der Waals surface area (Å²) in [5.41, 5.74) is 6.10. The lowest BCUT2D eigenvalue weighted by Crippen LogP contribution is -2.29. The third-order valence-electron chi connectivity index (χ3n) is 4.67. The number of aromatic nitrogens is 4. The summed E-state index contributed by atoms with van der Waals surface area (Å²) in [4.78, 5) is 33.9. The van der Waals surface area contributed by atoms with Crippen molar-refractivity contribution in [3.8, 4) is 5.69 Å². The molecule has 4 rings (SSSR count). The van der Waals surface area contributed by atoms with Crippen LogP contribution in [0.5, 0.6) is 0 Å². The Kier molecular flexibility index (Phi) is 5.75. The minimum Gasteiger partial charge on any atom is -0.364 e. The second kappa shape index (κ2) is 8.48. The highest BCUT2D eigenvalue weighted by molar-refractivity contribution is 6.37. The van der Waals surface area contributed by atoms with E-state index in [1.807, 2.05) is 0 Å². The number of hydrogen-bond acceptors (Lipinski definition) is 6. The van der Waals surface area contributed by atoms with Gasteiger partial charge in [-0.2, -0.15) is 5.10 Å². The second-order valence-corrected chi connectivity index (χ2v) is 7.63. The van der Waals surface area contributed by atoms with Crippen molar-refractivity contribution in [3.63, 3.8) is 0 Å². The van der Waals surface area contributed by atoms with Gasteiger partial charge in [0, 0.05) is 6.54 Å². The maximum atomic E-state index is 13.3. The van der Waals surface area contributed by atoms with Gasteiger partial charge in [-0.05, 0) is 18.6 Å². The molecule has 12 heteroatoms. The van der Waals surface area contributed by atoms with Crippen LogP contribution >= 0.6 is 23.2 Å². The number of hydrogen-bond donors (Lipinski definition) is 2. The first kappa shape index (κ1) is 21.0. The highest BCUT2D eigenvalue weighted by Gasteiger charge is 2.27. The van der Waals surface area contributed by atoms with Crippen molar-refractivity contribution in [2.75, 3.05) is 18.4 Å². The molecule has 2 aromatic heterocycles. The number of likely N-dealkylation sites (tertiary alicyclic amines) is 1.